The standard InChI is InChI=1S/C22H19F3N4O3/c1-12-8-14(4-5-16(12)20(27)30)28-18-6-7-32-11-19(18)29(21(28)31)15-3-2-13(10-26)17(9-15)22(23,24)25/h2-5,8-9,18-19H,6-7,11H2,1H3,(H2,27,30). The molecule has 2 heterocycles. The molecule has 2 atom stereocenters. The van der Waals surface area contributed by atoms with Gasteiger partial charge >= 0.3 is 12.2 Å². The number of anilines is 2. The number of hydrogen-bond acceptors (Lipinski definition) is 4. The summed E-state index contributed by atoms with van der Waals surface area (Å²) in [7, 11) is 0. The van der Waals surface area contributed by atoms with Crippen LogP contribution in [0.3, 0.4) is 0 Å². The number of carbonyl (C=O) groups excluding carboxylic acids is 2. The molecule has 0 radical (unpaired) electrons. The van der Waals surface area contributed by atoms with Gasteiger partial charge in [0.25, 0.3) is 0 Å². The fraction of sp³-hybridized carbons (Fsp3) is 0.318. The fourth-order valence-corrected chi connectivity index (χ4v) is 4.35. The van der Waals surface area contributed by atoms with Crippen LogP contribution in [-0.2, 0) is 10.9 Å². The van der Waals surface area contributed by atoms with Crippen molar-refractivity contribution >= 4 is 23.3 Å². The average Bonchev–Trinajstić information content (AvgIpc) is 3.04. The summed E-state index contributed by atoms with van der Waals surface area (Å²) in [6.07, 6.45) is -4.25. The Labute approximate surface area is 181 Å². The molecule has 0 bridgehead atoms. The predicted octanol–water partition coefficient (Wildman–Crippen LogP) is 3.59. The molecule has 4 rings (SSSR count). The Kier molecular flexibility index (Phi) is 5.30. The van der Waals surface area contributed by atoms with Gasteiger partial charge in [-0.3, -0.25) is 14.6 Å². The molecule has 2 unspecified atom stereocenters. The number of halogens is 3. The van der Waals surface area contributed by atoms with Gasteiger partial charge in [-0.1, -0.05) is 0 Å². The molecule has 166 valence electrons. The number of aryl methyl sites for hydroxylation is 1. The molecule has 3 amide bonds. The summed E-state index contributed by atoms with van der Waals surface area (Å²) in [4.78, 5) is 27.8. The minimum absolute atomic E-state index is 0.0369. The van der Waals surface area contributed by atoms with Crippen molar-refractivity contribution in [1.29, 1.82) is 5.26 Å². The second kappa shape index (κ2) is 7.84. The number of carbonyl (C=O) groups is 2. The first-order valence-corrected chi connectivity index (χ1v) is 9.85. The first-order chi connectivity index (χ1) is 15.1. The van der Waals surface area contributed by atoms with Crippen LogP contribution >= 0.6 is 0 Å². The fourth-order valence-electron chi connectivity index (χ4n) is 4.35. The molecule has 2 aromatic carbocycles. The van der Waals surface area contributed by atoms with Crippen LogP contribution in [0.15, 0.2) is 36.4 Å². The van der Waals surface area contributed by atoms with E-state index in [1.54, 1.807) is 25.1 Å². The number of amides is 3. The molecule has 0 spiro atoms. The molecule has 2 fully saturated rings. The van der Waals surface area contributed by atoms with Crippen LogP contribution in [0.5, 0.6) is 0 Å². The summed E-state index contributed by atoms with van der Waals surface area (Å²) < 4.78 is 46.0. The van der Waals surface area contributed by atoms with E-state index in [0.29, 0.717) is 29.8 Å². The second-order valence-electron chi connectivity index (χ2n) is 7.72. The van der Waals surface area contributed by atoms with Crippen molar-refractivity contribution in [2.24, 2.45) is 5.73 Å². The van der Waals surface area contributed by atoms with Crippen LogP contribution in [0.2, 0.25) is 0 Å². The molecule has 2 aromatic rings. The zero-order valence-corrected chi connectivity index (χ0v) is 17.0. The zero-order valence-electron chi connectivity index (χ0n) is 17.0. The summed E-state index contributed by atoms with van der Waals surface area (Å²) in [6, 6.07) is 8.21. The molecule has 7 nitrogen and oxygen atoms in total. The third-order valence-electron chi connectivity index (χ3n) is 5.83. The van der Waals surface area contributed by atoms with Crippen molar-refractivity contribution in [3.8, 4) is 6.07 Å². The Morgan fingerprint density at radius 3 is 2.44 bits per heavy atom. The van der Waals surface area contributed by atoms with Crippen LogP contribution in [0.25, 0.3) is 0 Å². The number of urea groups is 1. The van der Waals surface area contributed by atoms with Crippen LogP contribution in [0, 0.1) is 18.3 Å². The number of nitrogens with two attached hydrogens (primary N) is 1. The Balaban J connectivity index is 1.79. The molecule has 2 aliphatic heterocycles. The monoisotopic (exact) mass is 444 g/mol. The highest BCUT2D eigenvalue weighted by Gasteiger charge is 2.49. The lowest BCUT2D eigenvalue weighted by Gasteiger charge is -2.32. The molecule has 0 saturated carbocycles. The molecular formula is C22H19F3N4O3. The van der Waals surface area contributed by atoms with Crippen molar-refractivity contribution in [2.45, 2.75) is 31.6 Å². The van der Waals surface area contributed by atoms with Gasteiger partial charge in [0.15, 0.2) is 0 Å². The van der Waals surface area contributed by atoms with Crippen molar-refractivity contribution in [3.63, 3.8) is 0 Å². The maximum Gasteiger partial charge on any atom is 0.417 e. The Bertz CT molecular complexity index is 1140. The Morgan fingerprint density at radius 1 is 1.16 bits per heavy atom. The Hall–Kier alpha value is -3.58. The summed E-state index contributed by atoms with van der Waals surface area (Å²) in [5, 5.41) is 9.06. The van der Waals surface area contributed by atoms with E-state index in [0.717, 1.165) is 12.1 Å². The first kappa shape index (κ1) is 21.6. The van der Waals surface area contributed by atoms with Crippen LogP contribution in [-0.4, -0.2) is 37.2 Å². The van der Waals surface area contributed by atoms with E-state index >= 15 is 0 Å². The highest BCUT2D eigenvalue weighted by Crippen LogP contribution is 2.40. The van der Waals surface area contributed by atoms with E-state index in [9.17, 15) is 22.8 Å². The lowest BCUT2D eigenvalue weighted by atomic mass is 10.0. The summed E-state index contributed by atoms with van der Waals surface area (Å²) in [5.41, 5.74) is 5.21. The largest absolute Gasteiger partial charge is 0.417 e. The first-order valence-electron chi connectivity index (χ1n) is 9.85. The highest BCUT2D eigenvalue weighted by molar-refractivity contribution is 6.08. The normalized spacial score (nSPS) is 20.8. The number of hydrogen-bond donors (Lipinski definition) is 1. The molecule has 2 saturated heterocycles. The number of primary amides is 1. The highest BCUT2D eigenvalue weighted by atomic mass is 19.4. The zero-order chi connectivity index (χ0) is 23.2. The van der Waals surface area contributed by atoms with E-state index in [2.05, 4.69) is 0 Å². The topological polar surface area (TPSA) is 99.7 Å². The number of benzene rings is 2. The maximum atomic E-state index is 13.5. The van der Waals surface area contributed by atoms with Gasteiger partial charge in [-0.2, -0.15) is 18.4 Å². The minimum atomic E-state index is -4.74. The van der Waals surface area contributed by atoms with E-state index in [4.69, 9.17) is 15.7 Å². The molecule has 2 N–H and O–H groups in total. The minimum Gasteiger partial charge on any atom is -0.379 e. The number of rotatable bonds is 3. The van der Waals surface area contributed by atoms with Crippen molar-refractivity contribution < 1.29 is 27.5 Å². The van der Waals surface area contributed by atoms with Gasteiger partial charge in [0, 0.05) is 23.5 Å². The van der Waals surface area contributed by atoms with Gasteiger partial charge < -0.3 is 10.5 Å². The van der Waals surface area contributed by atoms with Gasteiger partial charge in [-0.05, 0) is 55.3 Å². The van der Waals surface area contributed by atoms with E-state index in [-0.39, 0.29) is 18.3 Å². The van der Waals surface area contributed by atoms with Gasteiger partial charge in [0.05, 0.1) is 35.9 Å². The van der Waals surface area contributed by atoms with Gasteiger partial charge in [0.2, 0.25) is 5.91 Å². The summed E-state index contributed by atoms with van der Waals surface area (Å²) in [5.74, 6) is -0.593. The van der Waals surface area contributed by atoms with Crippen LogP contribution in [0.1, 0.15) is 33.5 Å². The lowest BCUT2D eigenvalue weighted by Crippen LogP contribution is -2.45. The summed E-state index contributed by atoms with van der Waals surface area (Å²) >= 11 is 0. The molecule has 0 aliphatic carbocycles. The number of nitrogens with zero attached hydrogens (tertiary/aromatic N) is 3. The number of alkyl halides is 3. The number of fused-ring (bicyclic) bond motifs is 1. The Morgan fingerprint density at radius 2 is 1.81 bits per heavy atom. The van der Waals surface area contributed by atoms with Gasteiger partial charge in [-0.25, -0.2) is 4.79 Å². The quantitative estimate of drug-likeness (QED) is 0.782. The second-order valence-corrected chi connectivity index (χ2v) is 7.72. The van der Waals surface area contributed by atoms with E-state index in [1.807, 2.05) is 0 Å². The van der Waals surface area contributed by atoms with Gasteiger partial charge in [0.1, 0.15) is 0 Å². The smallest absolute Gasteiger partial charge is 0.379 e. The maximum absolute atomic E-state index is 13.5. The molecule has 10 heteroatoms. The van der Waals surface area contributed by atoms with Crippen LogP contribution in [0.4, 0.5) is 29.3 Å². The van der Waals surface area contributed by atoms with Crippen molar-refractivity contribution in [2.75, 3.05) is 23.0 Å². The predicted molar refractivity (Wildman–Crippen MR) is 109 cm³/mol. The molecule has 0 aromatic heterocycles. The average molecular weight is 444 g/mol. The number of nitriles is 1. The third-order valence-corrected chi connectivity index (χ3v) is 5.83. The number of ether oxygens (including phenoxy) is 1. The molecule has 32 heavy (non-hydrogen) atoms. The molecular weight excluding hydrogens is 425 g/mol. The van der Waals surface area contributed by atoms with Crippen LogP contribution < -0.4 is 15.5 Å². The van der Waals surface area contributed by atoms with Crippen molar-refractivity contribution in [1.82, 2.24) is 0 Å². The third kappa shape index (κ3) is 3.54. The molecule has 2 aliphatic rings. The SMILES string of the molecule is Cc1cc(N2C(=O)N(c3ccc(C#N)c(C(F)(F)F)c3)C3COCCC32)ccc1C(N)=O. The van der Waals surface area contributed by atoms with Crippen molar-refractivity contribution in [3.05, 3.63) is 58.7 Å². The van der Waals surface area contributed by atoms with E-state index < -0.39 is 35.3 Å². The summed E-state index contributed by atoms with van der Waals surface area (Å²) in [6.45, 7) is 2.25. The van der Waals surface area contributed by atoms with E-state index in [1.165, 1.54) is 21.9 Å². The van der Waals surface area contributed by atoms with Gasteiger partial charge in [-0.15, -0.1) is 0 Å². The lowest BCUT2D eigenvalue weighted by molar-refractivity contribution is -0.137.